The van der Waals surface area contributed by atoms with Crippen molar-refractivity contribution in [3.8, 4) is 0 Å². The number of anilines is 1. The maximum atomic E-state index is 6.12. The van der Waals surface area contributed by atoms with E-state index in [-0.39, 0.29) is 6.04 Å². The van der Waals surface area contributed by atoms with E-state index in [2.05, 4.69) is 54.8 Å². The summed E-state index contributed by atoms with van der Waals surface area (Å²) >= 11 is 2.06. The molecule has 2 unspecified atom stereocenters. The Labute approximate surface area is 115 Å². The summed E-state index contributed by atoms with van der Waals surface area (Å²) < 4.78 is 0. The van der Waals surface area contributed by atoms with Crippen LogP contribution in [0.4, 0.5) is 5.69 Å². The predicted octanol–water partition coefficient (Wildman–Crippen LogP) is 2.91. The number of hydrogen-bond donors (Lipinski definition) is 1. The molecule has 18 heavy (non-hydrogen) atoms. The number of para-hydroxylation sites is 1. The van der Waals surface area contributed by atoms with Crippen molar-refractivity contribution in [2.24, 2.45) is 5.73 Å². The minimum atomic E-state index is 0.278. The molecule has 0 aromatic heterocycles. The molecule has 1 fully saturated rings. The van der Waals surface area contributed by atoms with Crippen molar-refractivity contribution >= 4 is 17.4 Å². The van der Waals surface area contributed by atoms with E-state index >= 15 is 0 Å². The van der Waals surface area contributed by atoms with Gasteiger partial charge in [0.2, 0.25) is 0 Å². The SMILES string of the molecule is CCC(N)Cc1ccccc1N1CCSCC1C. The lowest BCUT2D eigenvalue weighted by Crippen LogP contribution is -2.41. The van der Waals surface area contributed by atoms with Gasteiger partial charge >= 0.3 is 0 Å². The smallest absolute Gasteiger partial charge is 0.0402 e. The van der Waals surface area contributed by atoms with Crippen molar-refractivity contribution in [3.63, 3.8) is 0 Å². The van der Waals surface area contributed by atoms with Gasteiger partial charge in [-0.05, 0) is 31.4 Å². The fourth-order valence-electron chi connectivity index (χ4n) is 2.48. The summed E-state index contributed by atoms with van der Waals surface area (Å²) in [7, 11) is 0. The summed E-state index contributed by atoms with van der Waals surface area (Å²) in [4.78, 5) is 2.55. The Hall–Kier alpha value is -0.670. The van der Waals surface area contributed by atoms with E-state index in [9.17, 15) is 0 Å². The number of nitrogens with two attached hydrogens (primary N) is 1. The van der Waals surface area contributed by atoms with Gasteiger partial charge in [-0.15, -0.1) is 0 Å². The largest absolute Gasteiger partial charge is 0.367 e. The highest BCUT2D eigenvalue weighted by Crippen LogP contribution is 2.28. The van der Waals surface area contributed by atoms with Crippen LogP contribution in [0.25, 0.3) is 0 Å². The van der Waals surface area contributed by atoms with Crippen LogP contribution in [0.1, 0.15) is 25.8 Å². The summed E-state index contributed by atoms with van der Waals surface area (Å²) in [6.07, 6.45) is 2.03. The first-order chi connectivity index (χ1) is 8.72. The number of nitrogens with zero attached hydrogens (tertiary/aromatic N) is 1. The van der Waals surface area contributed by atoms with Crippen LogP contribution in [0.5, 0.6) is 0 Å². The number of thioether (sulfide) groups is 1. The van der Waals surface area contributed by atoms with Gasteiger partial charge in [0.05, 0.1) is 0 Å². The molecule has 2 nitrogen and oxygen atoms in total. The second kappa shape index (κ2) is 6.48. The average molecular weight is 264 g/mol. The van der Waals surface area contributed by atoms with Crippen molar-refractivity contribution in [2.75, 3.05) is 23.0 Å². The molecular formula is C15H24N2S. The van der Waals surface area contributed by atoms with Gasteiger partial charge in [-0.3, -0.25) is 0 Å². The van der Waals surface area contributed by atoms with Crippen molar-refractivity contribution in [1.82, 2.24) is 0 Å². The molecule has 2 N–H and O–H groups in total. The van der Waals surface area contributed by atoms with E-state index in [1.807, 2.05) is 0 Å². The van der Waals surface area contributed by atoms with Crippen LogP contribution in [-0.2, 0) is 6.42 Å². The maximum absolute atomic E-state index is 6.12. The van der Waals surface area contributed by atoms with Crippen molar-refractivity contribution in [3.05, 3.63) is 29.8 Å². The summed E-state index contributed by atoms with van der Waals surface area (Å²) in [5.41, 5.74) is 8.92. The zero-order chi connectivity index (χ0) is 13.0. The molecule has 1 aliphatic rings. The first-order valence-electron chi connectivity index (χ1n) is 6.90. The fraction of sp³-hybridized carbons (Fsp3) is 0.600. The summed E-state index contributed by atoms with van der Waals surface area (Å²) in [5, 5.41) is 0. The van der Waals surface area contributed by atoms with Crippen molar-refractivity contribution in [1.29, 1.82) is 0 Å². The van der Waals surface area contributed by atoms with Crippen LogP contribution >= 0.6 is 11.8 Å². The van der Waals surface area contributed by atoms with Gasteiger partial charge in [0.15, 0.2) is 0 Å². The molecule has 2 atom stereocenters. The fourth-order valence-corrected chi connectivity index (χ4v) is 3.49. The molecule has 3 heteroatoms. The number of hydrogen-bond acceptors (Lipinski definition) is 3. The molecule has 0 amide bonds. The van der Waals surface area contributed by atoms with Gasteiger partial charge in [-0.1, -0.05) is 25.1 Å². The van der Waals surface area contributed by atoms with Crippen LogP contribution in [0.3, 0.4) is 0 Å². The van der Waals surface area contributed by atoms with Crippen molar-refractivity contribution < 1.29 is 0 Å². The predicted molar refractivity (Wildman–Crippen MR) is 82.5 cm³/mol. The van der Waals surface area contributed by atoms with Crippen molar-refractivity contribution in [2.45, 2.75) is 38.8 Å². The zero-order valence-corrected chi connectivity index (χ0v) is 12.2. The molecule has 0 bridgehead atoms. The average Bonchev–Trinajstić information content (AvgIpc) is 2.40. The minimum Gasteiger partial charge on any atom is -0.367 e. The maximum Gasteiger partial charge on any atom is 0.0402 e. The monoisotopic (exact) mass is 264 g/mol. The highest BCUT2D eigenvalue weighted by atomic mass is 32.2. The number of benzene rings is 1. The summed E-state index contributed by atoms with van der Waals surface area (Å²) in [6.45, 7) is 5.64. The third kappa shape index (κ3) is 3.21. The lowest BCUT2D eigenvalue weighted by atomic mass is 10.0. The normalized spacial score (nSPS) is 21.9. The molecule has 2 rings (SSSR count). The zero-order valence-electron chi connectivity index (χ0n) is 11.4. The molecule has 0 radical (unpaired) electrons. The van der Waals surface area contributed by atoms with E-state index in [4.69, 9.17) is 5.73 Å². The van der Waals surface area contributed by atoms with Gasteiger partial charge in [0.1, 0.15) is 0 Å². The first-order valence-corrected chi connectivity index (χ1v) is 8.05. The highest BCUT2D eigenvalue weighted by Gasteiger charge is 2.21. The molecule has 0 saturated carbocycles. The third-order valence-electron chi connectivity index (χ3n) is 3.68. The van der Waals surface area contributed by atoms with Gasteiger partial charge in [-0.25, -0.2) is 0 Å². The Kier molecular flexibility index (Phi) is 4.95. The molecule has 1 saturated heterocycles. The number of rotatable bonds is 4. The van der Waals surface area contributed by atoms with E-state index < -0.39 is 0 Å². The third-order valence-corrected chi connectivity index (χ3v) is 4.86. The first kappa shape index (κ1) is 13.8. The Morgan fingerprint density at radius 2 is 2.22 bits per heavy atom. The Morgan fingerprint density at radius 3 is 2.94 bits per heavy atom. The molecule has 100 valence electrons. The van der Waals surface area contributed by atoms with Crippen LogP contribution < -0.4 is 10.6 Å². The molecule has 1 aromatic carbocycles. The lowest BCUT2D eigenvalue weighted by Gasteiger charge is -2.36. The Balaban J connectivity index is 2.20. The highest BCUT2D eigenvalue weighted by molar-refractivity contribution is 7.99. The van der Waals surface area contributed by atoms with Crippen LogP contribution in [0, 0.1) is 0 Å². The van der Waals surface area contributed by atoms with Crippen LogP contribution in [0.2, 0.25) is 0 Å². The van der Waals surface area contributed by atoms with E-state index in [0.29, 0.717) is 6.04 Å². The van der Waals surface area contributed by atoms with Gasteiger partial charge in [0.25, 0.3) is 0 Å². The Morgan fingerprint density at radius 1 is 1.44 bits per heavy atom. The van der Waals surface area contributed by atoms with Gasteiger partial charge < -0.3 is 10.6 Å². The summed E-state index contributed by atoms with van der Waals surface area (Å²) in [5.74, 6) is 2.46. The van der Waals surface area contributed by atoms with Crippen LogP contribution in [-0.4, -0.2) is 30.1 Å². The lowest BCUT2D eigenvalue weighted by molar-refractivity contribution is 0.638. The van der Waals surface area contributed by atoms with Crippen LogP contribution in [0.15, 0.2) is 24.3 Å². The quantitative estimate of drug-likeness (QED) is 0.906. The van der Waals surface area contributed by atoms with Gasteiger partial charge in [-0.2, -0.15) is 11.8 Å². The molecule has 1 aromatic rings. The Bertz CT molecular complexity index is 381. The van der Waals surface area contributed by atoms with E-state index in [1.165, 1.54) is 22.8 Å². The molecular weight excluding hydrogens is 240 g/mol. The molecule has 1 aliphatic heterocycles. The molecule has 0 spiro atoms. The van der Waals surface area contributed by atoms with Gasteiger partial charge in [0, 0.05) is 35.8 Å². The molecule has 1 heterocycles. The minimum absolute atomic E-state index is 0.278. The van der Waals surface area contributed by atoms with E-state index in [1.54, 1.807) is 0 Å². The second-order valence-electron chi connectivity index (χ2n) is 5.12. The molecule has 0 aliphatic carbocycles. The second-order valence-corrected chi connectivity index (χ2v) is 6.27. The van der Waals surface area contributed by atoms with E-state index in [0.717, 1.165) is 19.4 Å². The topological polar surface area (TPSA) is 29.3 Å². The standard InChI is InChI=1S/C15H24N2S/c1-3-14(16)10-13-6-4-5-7-15(13)17-8-9-18-11-12(17)2/h4-7,12,14H,3,8-11,16H2,1-2H3. The summed E-state index contributed by atoms with van der Waals surface area (Å²) in [6, 6.07) is 9.67.